The van der Waals surface area contributed by atoms with Gasteiger partial charge in [-0.3, -0.25) is 9.59 Å². The zero-order valence-corrected chi connectivity index (χ0v) is 10.8. The molecule has 4 heteroatoms. The summed E-state index contributed by atoms with van der Waals surface area (Å²) in [7, 11) is 1.34. The highest BCUT2D eigenvalue weighted by Crippen LogP contribution is 2.18. The number of methoxy groups -OCH3 is 1. The van der Waals surface area contributed by atoms with E-state index in [2.05, 4.69) is 10.1 Å². The number of benzene rings is 1. The largest absolute Gasteiger partial charge is 0.469 e. The molecule has 0 spiro atoms. The number of nitrogens with one attached hydrogen (secondary N) is 1. The second kappa shape index (κ2) is 7.48. The molecule has 1 aromatic carbocycles. The second-order valence-corrected chi connectivity index (χ2v) is 3.99. The molecule has 0 saturated carbocycles. The molecular weight excluding hydrogens is 230 g/mol. The number of carbonyl (C=O) groups is 2. The summed E-state index contributed by atoms with van der Waals surface area (Å²) in [6.45, 7) is 2.28. The van der Waals surface area contributed by atoms with Crippen LogP contribution in [0.3, 0.4) is 0 Å². The fourth-order valence-electron chi connectivity index (χ4n) is 1.77. The number of ether oxygens (including phenoxy) is 1. The number of esters is 1. The minimum Gasteiger partial charge on any atom is -0.469 e. The topological polar surface area (TPSA) is 55.4 Å². The Labute approximate surface area is 107 Å². The van der Waals surface area contributed by atoms with Gasteiger partial charge in [0.15, 0.2) is 0 Å². The summed E-state index contributed by atoms with van der Waals surface area (Å²) in [5, 5.41) is 2.76. The van der Waals surface area contributed by atoms with Crippen molar-refractivity contribution in [2.75, 3.05) is 13.7 Å². The van der Waals surface area contributed by atoms with Crippen molar-refractivity contribution in [3.63, 3.8) is 0 Å². The van der Waals surface area contributed by atoms with E-state index in [0.717, 1.165) is 12.0 Å². The zero-order chi connectivity index (χ0) is 13.4. The standard InChI is InChI=1S/C14H19NO3/c1-3-12(11-7-5-4-6-8-11)14(17)15-10-9-13(16)18-2/h4-8,12H,3,9-10H2,1-2H3,(H,15,17). The number of hydrogen-bond donors (Lipinski definition) is 1. The summed E-state index contributed by atoms with van der Waals surface area (Å²) in [5.41, 5.74) is 0.996. The maximum Gasteiger partial charge on any atom is 0.307 e. The zero-order valence-electron chi connectivity index (χ0n) is 10.8. The molecular formula is C14H19NO3. The molecule has 0 aliphatic carbocycles. The van der Waals surface area contributed by atoms with E-state index in [9.17, 15) is 9.59 Å². The van der Waals surface area contributed by atoms with Crippen LogP contribution in [0.1, 0.15) is 31.2 Å². The molecule has 0 aliphatic heterocycles. The molecule has 1 atom stereocenters. The molecule has 1 rings (SSSR count). The second-order valence-electron chi connectivity index (χ2n) is 3.99. The lowest BCUT2D eigenvalue weighted by Gasteiger charge is -2.15. The summed E-state index contributed by atoms with van der Waals surface area (Å²) in [4.78, 5) is 22.9. The molecule has 0 radical (unpaired) electrons. The molecule has 1 amide bonds. The lowest BCUT2D eigenvalue weighted by molar-refractivity contribution is -0.140. The molecule has 1 aromatic rings. The van der Waals surface area contributed by atoms with Crippen molar-refractivity contribution in [2.24, 2.45) is 0 Å². The molecule has 98 valence electrons. The van der Waals surface area contributed by atoms with Crippen molar-refractivity contribution in [2.45, 2.75) is 25.7 Å². The third-order valence-corrected chi connectivity index (χ3v) is 2.78. The van der Waals surface area contributed by atoms with E-state index in [4.69, 9.17) is 0 Å². The van der Waals surface area contributed by atoms with Crippen LogP contribution in [0.25, 0.3) is 0 Å². The first-order valence-electron chi connectivity index (χ1n) is 6.08. The molecule has 0 saturated heterocycles. The number of amides is 1. The van der Waals surface area contributed by atoms with Gasteiger partial charge in [-0.2, -0.15) is 0 Å². The van der Waals surface area contributed by atoms with Gasteiger partial charge in [-0.25, -0.2) is 0 Å². The fourth-order valence-corrected chi connectivity index (χ4v) is 1.77. The van der Waals surface area contributed by atoms with Gasteiger partial charge in [-0.15, -0.1) is 0 Å². The number of hydrogen-bond acceptors (Lipinski definition) is 3. The molecule has 0 heterocycles. The highest BCUT2D eigenvalue weighted by molar-refractivity contribution is 5.84. The Morgan fingerprint density at radius 3 is 2.50 bits per heavy atom. The maximum absolute atomic E-state index is 12.0. The van der Waals surface area contributed by atoms with Gasteiger partial charge in [-0.1, -0.05) is 37.3 Å². The maximum atomic E-state index is 12.0. The van der Waals surface area contributed by atoms with Gasteiger partial charge in [-0.05, 0) is 12.0 Å². The van der Waals surface area contributed by atoms with Crippen molar-refractivity contribution in [1.29, 1.82) is 0 Å². The third-order valence-electron chi connectivity index (χ3n) is 2.78. The highest BCUT2D eigenvalue weighted by Gasteiger charge is 2.17. The van der Waals surface area contributed by atoms with Crippen molar-refractivity contribution in [3.8, 4) is 0 Å². The number of rotatable bonds is 6. The molecule has 0 aliphatic rings. The van der Waals surface area contributed by atoms with Crippen LogP contribution in [-0.2, 0) is 14.3 Å². The quantitative estimate of drug-likeness (QED) is 0.783. The first-order valence-corrected chi connectivity index (χ1v) is 6.08. The van der Waals surface area contributed by atoms with E-state index in [-0.39, 0.29) is 24.2 Å². The Morgan fingerprint density at radius 1 is 1.28 bits per heavy atom. The van der Waals surface area contributed by atoms with Gasteiger partial charge in [0.05, 0.1) is 19.4 Å². The van der Waals surface area contributed by atoms with Crippen LogP contribution < -0.4 is 5.32 Å². The highest BCUT2D eigenvalue weighted by atomic mass is 16.5. The Hall–Kier alpha value is -1.84. The lowest BCUT2D eigenvalue weighted by atomic mass is 9.96. The van der Waals surface area contributed by atoms with Gasteiger partial charge in [0.2, 0.25) is 5.91 Å². The Bertz CT molecular complexity index is 389. The molecule has 0 bridgehead atoms. The molecule has 1 N–H and O–H groups in total. The summed E-state index contributed by atoms with van der Waals surface area (Å²) in [5.74, 6) is -0.528. The van der Waals surface area contributed by atoms with E-state index in [1.54, 1.807) is 0 Å². The monoisotopic (exact) mass is 249 g/mol. The van der Waals surface area contributed by atoms with Crippen molar-refractivity contribution in [3.05, 3.63) is 35.9 Å². The predicted molar refractivity (Wildman–Crippen MR) is 69.1 cm³/mol. The lowest BCUT2D eigenvalue weighted by Crippen LogP contribution is -2.31. The van der Waals surface area contributed by atoms with Crippen LogP contribution in [0.15, 0.2) is 30.3 Å². The number of carbonyl (C=O) groups excluding carboxylic acids is 2. The van der Waals surface area contributed by atoms with Gasteiger partial charge in [0, 0.05) is 6.54 Å². The molecule has 0 aromatic heterocycles. The van der Waals surface area contributed by atoms with Gasteiger partial charge in [0.25, 0.3) is 0 Å². The van der Waals surface area contributed by atoms with Gasteiger partial charge >= 0.3 is 5.97 Å². The minimum atomic E-state index is -0.317. The molecule has 4 nitrogen and oxygen atoms in total. The van der Waals surface area contributed by atoms with Crippen LogP contribution in [-0.4, -0.2) is 25.5 Å². The Balaban J connectivity index is 2.51. The van der Waals surface area contributed by atoms with Crippen molar-refractivity contribution < 1.29 is 14.3 Å². The summed E-state index contributed by atoms with van der Waals surface area (Å²) < 4.78 is 4.51. The van der Waals surface area contributed by atoms with E-state index >= 15 is 0 Å². The fraction of sp³-hybridized carbons (Fsp3) is 0.429. The van der Waals surface area contributed by atoms with E-state index in [1.807, 2.05) is 37.3 Å². The van der Waals surface area contributed by atoms with Crippen LogP contribution in [0.5, 0.6) is 0 Å². The third kappa shape index (κ3) is 4.20. The molecule has 18 heavy (non-hydrogen) atoms. The van der Waals surface area contributed by atoms with Crippen LogP contribution >= 0.6 is 0 Å². The SMILES string of the molecule is CCC(C(=O)NCCC(=O)OC)c1ccccc1. The predicted octanol–water partition coefficient (Wildman–Crippen LogP) is 1.86. The average molecular weight is 249 g/mol. The normalized spacial score (nSPS) is 11.7. The average Bonchev–Trinajstić information content (AvgIpc) is 2.40. The van der Waals surface area contributed by atoms with Gasteiger partial charge < -0.3 is 10.1 Å². The van der Waals surface area contributed by atoms with E-state index < -0.39 is 0 Å². The first kappa shape index (κ1) is 14.2. The Morgan fingerprint density at radius 2 is 1.94 bits per heavy atom. The first-order chi connectivity index (χ1) is 8.69. The summed E-state index contributed by atoms with van der Waals surface area (Å²) >= 11 is 0. The van der Waals surface area contributed by atoms with Crippen molar-refractivity contribution >= 4 is 11.9 Å². The van der Waals surface area contributed by atoms with Crippen LogP contribution in [0.4, 0.5) is 0 Å². The van der Waals surface area contributed by atoms with E-state index in [1.165, 1.54) is 7.11 Å². The molecule has 0 fully saturated rings. The van der Waals surface area contributed by atoms with Gasteiger partial charge in [0.1, 0.15) is 0 Å². The Kier molecular flexibility index (Phi) is 5.91. The molecule has 1 unspecified atom stereocenters. The van der Waals surface area contributed by atoms with Crippen molar-refractivity contribution in [1.82, 2.24) is 5.32 Å². The van der Waals surface area contributed by atoms with E-state index in [0.29, 0.717) is 6.54 Å². The van der Waals surface area contributed by atoms with Crippen LogP contribution in [0.2, 0.25) is 0 Å². The summed E-state index contributed by atoms with van der Waals surface area (Å²) in [6.07, 6.45) is 0.932. The minimum absolute atomic E-state index is 0.0485. The van der Waals surface area contributed by atoms with Crippen LogP contribution in [0, 0.1) is 0 Å². The summed E-state index contributed by atoms with van der Waals surface area (Å²) in [6, 6.07) is 9.63. The smallest absolute Gasteiger partial charge is 0.307 e.